The van der Waals surface area contributed by atoms with Crippen molar-refractivity contribution >= 4 is 17.5 Å². The van der Waals surface area contributed by atoms with Crippen molar-refractivity contribution in [3.05, 3.63) is 77.8 Å². The number of rotatable bonds is 5. The van der Waals surface area contributed by atoms with Gasteiger partial charge in [-0.1, -0.05) is 6.07 Å². The minimum Gasteiger partial charge on any atom is -0.451 e. The van der Waals surface area contributed by atoms with Crippen LogP contribution in [0.1, 0.15) is 33.8 Å². The van der Waals surface area contributed by atoms with Gasteiger partial charge < -0.3 is 15.1 Å². The molecule has 136 valence electrons. The molecule has 0 unspecified atom stereocenters. The van der Waals surface area contributed by atoms with Gasteiger partial charge >= 0.3 is 0 Å². The summed E-state index contributed by atoms with van der Waals surface area (Å²) in [6.07, 6.45) is 2.02. The molecule has 0 saturated heterocycles. The van der Waals surface area contributed by atoms with Crippen LogP contribution in [-0.2, 0) is 0 Å². The van der Waals surface area contributed by atoms with Crippen LogP contribution in [0.15, 0.2) is 65.1 Å². The Morgan fingerprint density at radius 2 is 1.74 bits per heavy atom. The highest BCUT2D eigenvalue weighted by molar-refractivity contribution is 6.03. The summed E-state index contributed by atoms with van der Waals surface area (Å²) >= 11 is 0. The summed E-state index contributed by atoms with van der Waals surface area (Å²) in [6, 6.07) is 16.0. The summed E-state index contributed by atoms with van der Waals surface area (Å²) < 4.78 is 18.6. The molecule has 1 aliphatic carbocycles. The minimum atomic E-state index is -0.428. The van der Waals surface area contributed by atoms with Crippen molar-refractivity contribution < 1.29 is 18.4 Å². The van der Waals surface area contributed by atoms with Crippen LogP contribution in [0.4, 0.5) is 10.1 Å². The van der Waals surface area contributed by atoms with Gasteiger partial charge in [0.25, 0.3) is 11.8 Å². The normalized spacial score (nSPS) is 13.2. The van der Waals surface area contributed by atoms with E-state index in [-0.39, 0.29) is 23.5 Å². The Morgan fingerprint density at radius 1 is 0.963 bits per heavy atom. The number of nitrogens with one attached hydrogen (secondary N) is 2. The zero-order valence-electron chi connectivity index (χ0n) is 14.4. The van der Waals surface area contributed by atoms with E-state index in [0.717, 1.165) is 12.8 Å². The van der Waals surface area contributed by atoms with Gasteiger partial charge in [-0.05, 0) is 67.4 Å². The fraction of sp³-hybridized carbons (Fsp3) is 0.143. The number of hydrogen-bond acceptors (Lipinski definition) is 3. The number of carbonyl (C=O) groups excluding carboxylic acids is 2. The van der Waals surface area contributed by atoms with Crippen LogP contribution in [0, 0.1) is 5.82 Å². The molecule has 0 spiro atoms. The molecule has 1 fully saturated rings. The zero-order chi connectivity index (χ0) is 18.8. The Balaban J connectivity index is 1.46. The zero-order valence-corrected chi connectivity index (χ0v) is 14.4. The summed E-state index contributed by atoms with van der Waals surface area (Å²) in [5, 5.41) is 5.63. The fourth-order valence-corrected chi connectivity index (χ4v) is 2.66. The number of furan rings is 1. The van der Waals surface area contributed by atoms with Crippen molar-refractivity contribution in [1.29, 1.82) is 0 Å². The van der Waals surface area contributed by atoms with Gasteiger partial charge in [0.05, 0.1) is 0 Å². The molecule has 4 rings (SSSR count). The summed E-state index contributed by atoms with van der Waals surface area (Å²) in [7, 11) is 0. The van der Waals surface area contributed by atoms with Gasteiger partial charge in [0.1, 0.15) is 11.6 Å². The Hall–Kier alpha value is -3.41. The molecule has 0 radical (unpaired) electrons. The minimum absolute atomic E-state index is 0.127. The third-order valence-electron chi connectivity index (χ3n) is 4.25. The molecule has 5 nitrogen and oxygen atoms in total. The number of amides is 2. The highest BCUT2D eigenvalue weighted by Gasteiger charge is 2.24. The molecule has 6 heteroatoms. The van der Waals surface area contributed by atoms with Gasteiger partial charge in [0, 0.05) is 22.9 Å². The number of carbonyl (C=O) groups is 2. The highest BCUT2D eigenvalue weighted by Crippen LogP contribution is 2.23. The van der Waals surface area contributed by atoms with Crippen molar-refractivity contribution in [3.8, 4) is 11.3 Å². The van der Waals surface area contributed by atoms with Crippen molar-refractivity contribution in [1.82, 2.24) is 5.32 Å². The molecular weight excluding hydrogens is 347 g/mol. The van der Waals surface area contributed by atoms with E-state index in [1.165, 1.54) is 12.1 Å². The predicted molar refractivity (Wildman–Crippen MR) is 99.0 cm³/mol. The Labute approximate surface area is 155 Å². The third kappa shape index (κ3) is 4.06. The first kappa shape index (κ1) is 17.0. The lowest BCUT2D eigenvalue weighted by atomic mass is 10.2. The molecule has 0 aliphatic heterocycles. The molecule has 1 aromatic heterocycles. The fourth-order valence-electron chi connectivity index (χ4n) is 2.66. The molecule has 1 heterocycles. The van der Waals surface area contributed by atoms with Crippen LogP contribution >= 0.6 is 0 Å². The first-order valence-corrected chi connectivity index (χ1v) is 8.66. The van der Waals surface area contributed by atoms with Crippen LogP contribution in [0.25, 0.3) is 11.3 Å². The Kier molecular flexibility index (Phi) is 4.46. The Morgan fingerprint density at radius 3 is 2.48 bits per heavy atom. The van der Waals surface area contributed by atoms with E-state index in [9.17, 15) is 14.0 Å². The van der Waals surface area contributed by atoms with Gasteiger partial charge in [-0.25, -0.2) is 4.39 Å². The number of anilines is 1. The van der Waals surface area contributed by atoms with Crippen LogP contribution in [0.2, 0.25) is 0 Å². The predicted octanol–water partition coefficient (Wildman–Crippen LogP) is 4.23. The van der Waals surface area contributed by atoms with Crippen molar-refractivity contribution in [3.63, 3.8) is 0 Å². The number of benzene rings is 2. The van der Waals surface area contributed by atoms with Crippen molar-refractivity contribution in [2.45, 2.75) is 18.9 Å². The van der Waals surface area contributed by atoms with E-state index in [1.54, 1.807) is 48.5 Å². The SMILES string of the molecule is O=C(NC1CC1)c1cccc(NC(=O)c2ccc(-c3ccc(F)cc3)o2)c1. The van der Waals surface area contributed by atoms with E-state index in [0.29, 0.717) is 22.6 Å². The monoisotopic (exact) mass is 364 g/mol. The molecule has 1 saturated carbocycles. The van der Waals surface area contributed by atoms with Crippen LogP contribution in [0.3, 0.4) is 0 Å². The van der Waals surface area contributed by atoms with Crippen LogP contribution < -0.4 is 10.6 Å². The number of halogens is 1. The molecule has 2 aromatic carbocycles. The van der Waals surface area contributed by atoms with E-state index in [4.69, 9.17) is 4.42 Å². The average Bonchev–Trinajstić information content (AvgIpc) is 3.34. The van der Waals surface area contributed by atoms with E-state index < -0.39 is 5.91 Å². The second-order valence-corrected chi connectivity index (χ2v) is 6.45. The lowest BCUT2D eigenvalue weighted by Gasteiger charge is -2.07. The average molecular weight is 364 g/mol. The number of hydrogen-bond donors (Lipinski definition) is 2. The van der Waals surface area contributed by atoms with Crippen LogP contribution in [-0.4, -0.2) is 17.9 Å². The molecule has 0 bridgehead atoms. The third-order valence-corrected chi connectivity index (χ3v) is 4.25. The second-order valence-electron chi connectivity index (χ2n) is 6.45. The standard InChI is InChI=1S/C21H17FN2O3/c22-15-6-4-13(5-7-15)18-10-11-19(27-18)21(26)24-17-3-1-2-14(12-17)20(25)23-16-8-9-16/h1-7,10-12,16H,8-9H2,(H,23,25)(H,24,26). The largest absolute Gasteiger partial charge is 0.451 e. The lowest BCUT2D eigenvalue weighted by molar-refractivity contribution is 0.0949. The molecule has 2 amide bonds. The molecule has 27 heavy (non-hydrogen) atoms. The summed E-state index contributed by atoms with van der Waals surface area (Å²) in [6.45, 7) is 0. The first-order valence-electron chi connectivity index (χ1n) is 8.66. The van der Waals surface area contributed by atoms with E-state index in [1.807, 2.05) is 0 Å². The van der Waals surface area contributed by atoms with Gasteiger partial charge in [-0.3, -0.25) is 9.59 Å². The molecule has 3 aromatic rings. The van der Waals surface area contributed by atoms with Gasteiger partial charge in [0.15, 0.2) is 5.76 Å². The maximum Gasteiger partial charge on any atom is 0.291 e. The summed E-state index contributed by atoms with van der Waals surface area (Å²) in [5.41, 5.74) is 1.67. The maximum absolute atomic E-state index is 13.0. The van der Waals surface area contributed by atoms with Crippen LogP contribution in [0.5, 0.6) is 0 Å². The molecular formula is C21H17FN2O3. The van der Waals surface area contributed by atoms with E-state index >= 15 is 0 Å². The summed E-state index contributed by atoms with van der Waals surface area (Å²) in [5.74, 6) is -0.318. The van der Waals surface area contributed by atoms with Crippen molar-refractivity contribution in [2.75, 3.05) is 5.32 Å². The van der Waals surface area contributed by atoms with Crippen molar-refractivity contribution in [2.24, 2.45) is 0 Å². The van der Waals surface area contributed by atoms with Gasteiger partial charge in [-0.15, -0.1) is 0 Å². The van der Waals surface area contributed by atoms with E-state index in [2.05, 4.69) is 10.6 Å². The molecule has 1 aliphatic rings. The quantitative estimate of drug-likeness (QED) is 0.712. The molecule has 0 atom stereocenters. The summed E-state index contributed by atoms with van der Waals surface area (Å²) in [4.78, 5) is 24.5. The lowest BCUT2D eigenvalue weighted by Crippen LogP contribution is -2.25. The van der Waals surface area contributed by atoms with Gasteiger partial charge in [0.2, 0.25) is 0 Å². The highest BCUT2D eigenvalue weighted by atomic mass is 19.1. The first-order chi connectivity index (χ1) is 13.1. The Bertz CT molecular complexity index is 991. The molecule has 2 N–H and O–H groups in total. The smallest absolute Gasteiger partial charge is 0.291 e. The van der Waals surface area contributed by atoms with Gasteiger partial charge in [-0.2, -0.15) is 0 Å². The maximum atomic E-state index is 13.0. The second kappa shape index (κ2) is 7.07. The topological polar surface area (TPSA) is 71.3 Å².